The molecule has 0 saturated carbocycles. The summed E-state index contributed by atoms with van der Waals surface area (Å²) in [6, 6.07) is -3.87. The molecule has 17 nitrogen and oxygen atoms in total. The van der Waals surface area contributed by atoms with Crippen molar-refractivity contribution in [3.63, 3.8) is 0 Å². The highest BCUT2D eigenvalue weighted by Gasteiger charge is 2.52. The summed E-state index contributed by atoms with van der Waals surface area (Å²) in [5.74, 6) is 0. The van der Waals surface area contributed by atoms with Crippen LogP contribution in [0, 0.1) is 0 Å². The van der Waals surface area contributed by atoms with Gasteiger partial charge in [-0.25, -0.2) is 0 Å². The Labute approximate surface area is 212 Å². The molecule has 0 amide bonds. The normalized spacial score (nSPS) is 49.6. The van der Waals surface area contributed by atoms with Gasteiger partial charge in [0, 0.05) is 0 Å². The topological polar surface area (TPSA) is 321 Å². The van der Waals surface area contributed by atoms with Gasteiger partial charge in [-0.05, 0) is 0 Å². The van der Waals surface area contributed by atoms with Crippen molar-refractivity contribution in [3.8, 4) is 0 Å². The molecule has 3 aliphatic rings. The van der Waals surface area contributed by atoms with E-state index in [1.807, 2.05) is 0 Å². The molecule has 17 N–H and O–H groups in total. The summed E-state index contributed by atoms with van der Waals surface area (Å²) in [6.07, 6.45) is -16.8. The zero-order valence-electron chi connectivity index (χ0n) is 19.2. The minimum absolute atomic E-state index is 0. The summed E-state index contributed by atoms with van der Waals surface area (Å²) in [5, 5.41) is 79.6. The van der Waals surface area contributed by atoms with E-state index in [-0.39, 0.29) is 18.6 Å². The van der Waals surface area contributed by atoms with E-state index in [9.17, 15) is 40.9 Å². The Morgan fingerprint density at radius 2 is 0.944 bits per heavy atom. The summed E-state index contributed by atoms with van der Waals surface area (Å²) >= 11 is 0. The van der Waals surface area contributed by atoms with Gasteiger partial charge in [0.25, 0.3) is 0 Å². The molecule has 3 fully saturated rings. The Kier molecular flexibility index (Phi) is 13.2. The number of ether oxygens (including phenoxy) is 5. The highest BCUT2D eigenvalue weighted by Crippen LogP contribution is 2.30. The van der Waals surface area contributed by atoms with Crippen LogP contribution in [0.3, 0.4) is 0 Å². The van der Waals surface area contributed by atoms with Crippen LogP contribution in [0.4, 0.5) is 0 Å². The van der Waals surface area contributed by atoms with Crippen molar-refractivity contribution < 1.29 is 64.5 Å². The molecule has 0 bridgehead atoms. The van der Waals surface area contributed by atoms with E-state index >= 15 is 0 Å². The van der Waals surface area contributed by atoms with Crippen LogP contribution in [0.5, 0.6) is 0 Å². The quantitative estimate of drug-likeness (QED) is 0.139. The first-order valence-corrected chi connectivity index (χ1v) is 10.8. The molecule has 18 heteroatoms. The Morgan fingerprint density at radius 1 is 0.556 bits per heavy atom. The van der Waals surface area contributed by atoms with Crippen molar-refractivity contribution in [1.29, 1.82) is 0 Å². The van der Waals surface area contributed by atoms with Crippen LogP contribution in [0.15, 0.2) is 0 Å². The van der Waals surface area contributed by atoms with Crippen molar-refractivity contribution in [2.45, 2.75) is 91.9 Å². The standard InChI is InChI=1S/C18H35N3O13.ClH.H3N/c19-7-12(27)14(5(2-23)30-16(7)29)33-18-9(21)13(28)15(6(3-24)32-18)34-17-8(20)11(26)10(25)4(1-22)31-17;;/h4-18,22-29H,1-3,19-21H2;1H;1H3/t4-,5-,6-,7-,8-,9-,10-,11-,12-,13-,14-,15-,16-,17+,18+;;/m1../s1. The van der Waals surface area contributed by atoms with E-state index in [2.05, 4.69) is 0 Å². The maximum atomic E-state index is 10.8. The fraction of sp³-hybridized carbons (Fsp3) is 1.00. The van der Waals surface area contributed by atoms with Gasteiger partial charge in [0.15, 0.2) is 18.9 Å². The Balaban J connectivity index is 0.00000324. The highest BCUT2D eigenvalue weighted by atomic mass is 35.5. The van der Waals surface area contributed by atoms with Crippen LogP contribution in [-0.2, 0) is 23.7 Å². The van der Waals surface area contributed by atoms with Gasteiger partial charge in [0.2, 0.25) is 0 Å². The number of aliphatic hydroxyl groups excluding tert-OH is 8. The highest BCUT2D eigenvalue weighted by molar-refractivity contribution is 5.85. The van der Waals surface area contributed by atoms with Crippen molar-refractivity contribution in [2.24, 2.45) is 17.2 Å². The number of hydrogen-bond acceptors (Lipinski definition) is 17. The van der Waals surface area contributed by atoms with Crippen LogP contribution in [0.25, 0.3) is 0 Å². The second kappa shape index (κ2) is 14.1. The van der Waals surface area contributed by atoms with E-state index in [0.29, 0.717) is 0 Å². The van der Waals surface area contributed by atoms with Crippen molar-refractivity contribution in [3.05, 3.63) is 0 Å². The lowest BCUT2D eigenvalue weighted by molar-refractivity contribution is -0.348. The fourth-order valence-electron chi connectivity index (χ4n) is 4.18. The molecule has 216 valence electrons. The van der Waals surface area contributed by atoms with Crippen LogP contribution in [0.2, 0.25) is 0 Å². The number of halogens is 1. The molecule has 0 aromatic rings. The average Bonchev–Trinajstić information content (AvgIpc) is 2.83. The number of nitrogens with two attached hydrogens (primary N) is 3. The van der Waals surface area contributed by atoms with Crippen molar-refractivity contribution in [1.82, 2.24) is 6.15 Å². The molecular weight excluding hydrogens is 516 g/mol. The molecule has 0 radical (unpaired) electrons. The third-order valence-corrected chi connectivity index (χ3v) is 6.33. The lowest BCUT2D eigenvalue weighted by atomic mass is 9.94. The number of aliphatic hydroxyl groups is 8. The van der Waals surface area contributed by atoms with Gasteiger partial charge < -0.3 is 87.9 Å². The maximum Gasteiger partial charge on any atom is 0.176 e. The van der Waals surface area contributed by atoms with Crippen LogP contribution in [0.1, 0.15) is 0 Å². The maximum absolute atomic E-state index is 10.8. The minimum Gasteiger partial charge on any atom is -0.394 e. The molecule has 3 aliphatic heterocycles. The molecule has 0 aromatic heterocycles. The fourth-order valence-corrected chi connectivity index (χ4v) is 4.18. The zero-order valence-corrected chi connectivity index (χ0v) is 20.1. The average molecular weight is 555 g/mol. The smallest absolute Gasteiger partial charge is 0.176 e. The Bertz CT molecular complexity index is 656. The summed E-state index contributed by atoms with van der Waals surface area (Å²) in [7, 11) is 0. The van der Waals surface area contributed by atoms with Gasteiger partial charge in [0.05, 0.1) is 37.9 Å². The van der Waals surface area contributed by atoms with Crippen LogP contribution < -0.4 is 23.4 Å². The Morgan fingerprint density at radius 3 is 1.42 bits per heavy atom. The third kappa shape index (κ3) is 6.60. The monoisotopic (exact) mass is 554 g/mol. The molecule has 3 heterocycles. The van der Waals surface area contributed by atoms with Gasteiger partial charge in [0.1, 0.15) is 54.9 Å². The summed E-state index contributed by atoms with van der Waals surface area (Å²) in [4.78, 5) is 0. The van der Waals surface area contributed by atoms with E-state index in [0.717, 1.165) is 0 Å². The first kappa shape index (κ1) is 33.6. The minimum atomic E-state index is -1.56. The molecule has 36 heavy (non-hydrogen) atoms. The van der Waals surface area contributed by atoms with Crippen LogP contribution in [-0.4, -0.2) is 153 Å². The number of hydrogen-bond donors (Lipinski definition) is 12. The SMILES string of the molecule is Cl.N.N[C@@H]1[C@@H](O)[C@H](O[C@@H]2O[C@H](CO)[C@@H](O[C@@H]3O[C@H](CO)[C@@H](O)[C@H](O)[C@H]3N)[C@H](O)[C@H]2N)[C@@H](CO)O[C@H]1O. The second-order valence-corrected chi connectivity index (χ2v) is 8.59. The molecular formula is C18H39ClN4O13. The predicted octanol–water partition coefficient (Wildman–Crippen LogP) is -7.09. The van der Waals surface area contributed by atoms with E-state index in [1.54, 1.807) is 0 Å². The molecule has 15 atom stereocenters. The van der Waals surface area contributed by atoms with Crippen molar-refractivity contribution in [2.75, 3.05) is 19.8 Å². The summed E-state index contributed by atoms with van der Waals surface area (Å²) in [5.41, 5.74) is 17.6. The lowest BCUT2D eigenvalue weighted by Gasteiger charge is -2.48. The molecule has 0 spiro atoms. The summed E-state index contributed by atoms with van der Waals surface area (Å²) in [6.45, 7) is -2.00. The van der Waals surface area contributed by atoms with Gasteiger partial charge in [-0.2, -0.15) is 0 Å². The van der Waals surface area contributed by atoms with Crippen molar-refractivity contribution >= 4 is 12.4 Å². The van der Waals surface area contributed by atoms with Crippen LogP contribution >= 0.6 is 12.4 Å². The first-order valence-electron chi connectivity index (χ1n) is 10.8. The predicted molar refractivity (Wildman–Crippen MR) is 119 cm³/mol. The van der Waals surface area contributed by atoms with E-state index in [1.165, 1.54) is 0 Å². The molecule has 0 aliphatic carbocycles. The largest absolute Gasteiger partial charge is 0.394 e. The molecule has 0 unspecified atom stereocenters. The van der Waals surface area contributed by atoms with E-state index in [4.69, 9.17) is 40.9 Å². The second-order valence-electron chi connectivity index (χ2n) is 8.59. The Hall–Kier alpha value is -0.390. The van der Waals surface area contributed by atoms with Gasteiger partial charge in [-0.15, -0.1) is 12.4 Å². The number of rotatable bonds is 7. The summed E-state index contributed by atoms with van der Waals surface area (Å²) < 4.78 is 27.4. The molecule has 0 aromatic carbocycles. The lowest BCUT2D eigenvalue weighted by Crippen LogP contribution is -2.69. The van der Waals surface area contributed by atoms with Gasteiger partial charge in [-0.3, -0.25) is 0 Å². The van der Waals surface area contributed by atoms with E-state index < -0.39 is 112 Å². The molecule has 3 rings (SSSR count). The first-order chi connectivity index (χ1) is 16.0. The zero-order chi connectivity index (χ0) is 25.3. The third-order valence-electron chi connectivity index (χ3n) is 6.33. The molecule has 3 saturated heterocycles. The van der Waals surface area contributed by atoms with Gasteiger partial charge in [-0.1, -0.05) is 0 Å². The van der Waals surface area contributed by atoms with Gasteiger partial charge >= 0.3 is 0 Å².